The second-order valence-corrected chi connectivity index (χ2v) is 8.63. The Labute approximate surface area is 199 Å². The lowest BCUT2D eigenvalue weighted by molar-refractivity contribution is -0.137. The maximum absolute atomic E-state index is 10.9. The minimum Gasteiger partial charge on any atom is -0.489 e. The Kier molecular flexibility index (Phi) is 8.49. The van der Waals surface area contributed by atoms with E-state index in [0.717, 1.165) is 31.5 Å². The van der Waals surface area contributed by atoms with Crippen molar-refractivity contribution in [1.82, 2.24) is 4.90 Å². The minimum absolute atomic E-state index is 0.000384. The molecule has 33 heavy (non-hydrogen) atoms. The lowest BCUT2D eigenvalue weighted by Gasteiger charge is -2.18. The molecule has 3 rings (SSSR count). The van der Waals surface area contributed by atoms with Gasteiger partial charge >= 0.3 is 5.97 Å². The van der Waals surface area contributed by atoms with Crippen molar-refractivity contribution >= 4 is 29.2 Å². The fraction of sp³-hybridized carbons (Fsp3) is 0.360. The molecule has 0 radical (unpaired) electrons. The van der Waals surface area contributed by atoms with Gasteiger partial charge in [-0.15, -0.1) is 0 Å². The van der Waals surface area contributed by atoms with E-state index in [1.807, 2.05) is 26.0 Å². The zero-order valence-electron chi connectivity index (χ0n) is 19.0. The SMILES string of the molecule is C=C(/N=C(\ON)c1ccc(OC(C)C)c(Cl)c1)c1cccc2c1CCN(CCC(=O)O)CC2. The molecule has 2 aromatic carbocycles. The number of rotatable bonds is 8. The number of aliphatic imine (C=N–C) groups is 1. The van der Waals surface area contributed by atoms with Crippen LogP contribution in [0.4, 0.5) is 0 Å². The highest BCUT2D eigenvalue weighted by atomic mass is 35.5. The van der Waals surface area contributed by atoms with Crippen molar-refractivity contribution in [1.29, 1.82) is 0 Å². The van der Waals surface area contributed by atoms with Crippen LogP contribution in [0.3, 0.4) is 0 Å². The van der Waals surface area contributed by atoms with Crippen LogP contribution in [0.1, 0.15) is 42.5 Å². The zero-order valence-corrected chi connectivity index (χ0v) is 19.8. The van der Waals surface area contributed by atoms with Gasteiger partial charge < -0.3 is 19.6 Å². The molecule has 0 unspecified atom stereocenters. The van der Waals surface area contributed by atoms with Crippen LogP contribution >= 0.6 is 11.6 Å². The zero-order chi connectivity index (χ0) is 24.0. The van der Waals surface area contributed by atoms with E-state index >= 15 is 0 Å². The molecular formula is C25H30ClN3O4. The first-order valence-electron chi connectivity index (χ1n) is 10.9. The number of hydrogen-bond acceptors (Lipinski definition) is 6. The standard InChI is InChI=1S/C25H30ClN3O4/c1-16(2)32-23-8-7-19(15-22(23)26)25(33-27)28-17(3)20-6-4-5-18-9-12-29(13-10-21(18)20)14-11-24(30)31/h4-8,15-16H,3,9-14,27H2,1-2H3,(H,30,31)/b28-25-. The summed E-state index contributed by atoms with van der Waals surface area (Å²) in [4.78, 5) is 22.8. The summed E-state index contributed by atoms with van der Waals surface area (Å²) >= 11 is 6.36. The predicted molar refractivity (Wildman–Crippen MR) is 131 cm³/mol. The van der Waals surface area contributed by atoms with Gasteiger partial charge in [-0.3, -0.25) is 4.79 Å². The van der Waals surface area contributed by atoms with E-state index in [2.05, 4.69) is 22.5 Å². The highest BCUT2D eigenvalue weighted by Gasteiger charge is 2.19. The Balaban J connectivity index is 1.83. The number of aliphatic carboxylic acids is 1. The van der Waals surface area contributed by atoms with E-state index in [0.29, 0.717) is 28.6 Å². The molecule has 2 aromatic rings. The molecule has 0 aromatic heterocycles. The minimum atomic E-state index is -0.779. The van der Waals surface area contributed by atoms with E-state index in [1.54, 1.807) is 18.2 Å². The van der Waals surface area contributed by atoms with Crippen LogP contribution in [-0.2, 0) is 22.5 Å². The summed E-state index contributed by atoms with van der Waals surface area (Å²) in [5, 5.41) is 9.42. The second-order valence-electron chi connectivity index (χ2n) is 8.22. The van der Waals surface area contributed by atoms with Crippen molar-refractivity contribution in [2.45, 2.75) is 39.2 Å². The van der Waals surface area contributed by atoms with E-state index in [-0.39, 0.29) is 18.4 Å². The van der Waals surface area contributed by atoms with Gasteiger partial charge in [-0.25, -0.2) is 4.99 Å². The molecule has 8 heteroatoms. The quantitative estimate of drug-likeness (QED) is 0.338. The van der Waals surface area contributed by atoms with Gasteiger partial charge in [0.05, 0.1) is 23.2 Å². The van der Waals surface area contributed by atoms with Crippen molar-refractivity contribution in [3.63, 3.8) is 0 Å². The van der Waals surface area contributed by atoms with Gasteiger partial charge in [-0.2, -0.15) is 5.90 Å². The molecule has 0 bridgehead atoms. The molecule has 1 heterocycles. The van der Waals surface area contributed by atoms with Gasteiger partial charge in [0.15, 0.2) is 0 Å². The van der Waals surface area contributed by atoms with Crippen LogP contribution in [0.5, 0.6) is 5.75 Å². The number of fused-ring (bicyclic) bond motifs is 1. The molecular weight excluding hydrogens is 442 g/mol. The van der Waals surface area contributed by atoms with Crippen LogP contribution in [0.2, 0.25) is 5.02 Å². The van der Waals surface area contributed by atoms with Crippen molar-refractivity contribution in [3.05, 3.63) is 70.3 Å². The molecule has 0 saturated heterocycles. The summed E-state index contributed by atoms with van der Waals surface area (Å²) in [7, 11) is 0. The fourth-order valence-corrected chi connectivity index (χ4v) is 4.12. The summed E-state index contributed by atoms with van der Waals surface area (Å²) in [6.45, 7) is 10.2. The van der Waals surface area contributed by atoms with Gasteiger partial charge in [0.2, 0.25) is 5.90 Å². The molecule has 7 nitrogen and oxygen atoms in total. The van der Waals surface area contributed by atoms with E-state index in [4.69, 9.17) is 32.2 Å². The van der Waals surface area contributed by atoms with Gasteiger partial charge in [0.1, 0.15) is 5.75 Å². The van der Waals surface area contributed by atoms with E-state index in [1.165, 1.54) is 11.1 Å². The molecule has 1 aliphatic heterocycles. The number of carboxylic acid groups (broad SMARTS) is 1. The smallest absolute Gasteiger partial charge is 0.304 e. The molecule has 0 fully saturated rings. The Morgan fingerprint density at radius 3 is 2.70 bits per heavy atom. The summed E-state index contributed by atoms with van der Waals surface area (Å²) < 4.78 is 5.68. The maximum Gasteiger partial charge on any atom is 0.304 e. The summed E-state index contributed by atoms with van der Waals surface area (Å²) in [6, 6.07) is 11.3. The molecule has 1 aliphatic rings. The van der Waals surface area contributed by atoms with Crippen molar-refractivity contribution in [2.75, 3.05) is 19.6 Å². The molecule has 176 valence electrons. The normalized spacial score (nSPS) is 14.5. The van der Waals surface area contributed by atoms with Crippen molar-refractivity contribution in [3.8, 4) is 5.75 Å². The Bertz CT molecular complexity index is 1050. The first-order chi connectivity index (χ1) is 15.8. The Morgan fingerprint density at radius 1 is 1.27 bits per heavy atom. The predicted octanol–water partition coefficient (Wildman–Crippen LogP) is 4.31. The van der Waals surface area contributed by atoms with E-state index < -0.39 is 5.97 Å². The molecule has 0 atom stereocenters. The van der Waals surface area contributed by atoms with Crippen LogP contribution in [-0.4, -0.2) is 47.6 Å². The van der Waals surface area contributed by atoms with Crippen LogP contribution in [0.25, 0.3) is 5.70 Å². The Hall–Kier alpha value is -2.87. The highest BCUT2D eigenvalue weighted by molar-refractivity contribution is 6.32. The summed E-state index contributed by atoms with van der Waals surface area (Å²) in [5.41, 5.74) is 4.45. The number of halogens is 1. The first-order valence-corrected chi connectivity index (χ1v) is 11.3. The molecule has 0 aliphatic carbocycles. The second kappa shape index (κ2) is 11.3. The van der Waals surface area contributed by atoms with Crippen LogP contribution in [0, 0.1) is 0 Å². The lowest BCUT2D eigenvalue weighted by Crippen LogP contribution is -2.28. The molecule has 0 saturated carbocycles. The van der Waals surface area contributed by atoms with Crippen molar-refractivity contribution in [2.24, 2.45) is 10.9 Å². The molecule has 0 spiro atoms. The summed E-state index contributed by atoms with van der Waals surface area (Å²) in [6.07, 6.45) is 1.76. The topological polar surface area (TPSA) is 97.4 Å². The third kappa shape index (κ3) is 6.57. The molecule has 0 amide bonds. The third-order valence-corrected chi connectivity index (χ3v) is 5.79. The summed E-state index contributed by atoms with van der Waals surface area (Å²) in [5.74, 6) is 5.54. The van der Waals surface area contributed by atoms with Gasteiger partial charge in [-0.1, -0.05) is 36.4 Å². The number of carbonyl (C=O) groups is 1. The third-order valence-electron chi connectivity index (χ3n) is 5.49. The number of hydrogen-bond donors (Lipinski definition) is 2. The fourth-order valence-electron chi connectivity index (χ4n) is 3.90. The maximum atomic E-state index is 10.9. The van der Waals surface area contributed by atoms with Crippen molar-refractivity contribution < 1.29 is 19.5 Å². The van der Waals surface area contributed by atoms with Gasteiger partial charge in [-0.05, 0) is 56.0 Å². The van der Waals surface area contributed by atoms with Gasteiger partial charge in [0, 0.05) is 30.8 Å². The molecule has 3 N–H and O–H groups in total. The number of nitrogens with zero attached hydrogens (tertiary/aromatic N) is 2. The average molecular weight is 472 g/mol. The monoisotopic (exact) mass is 471 g/mol. The Morgan fingerprint density at radius 2 is 2.03 bits per heavy atom. The number of nitrogens with two attached hydrogens (primary N) is 1. The van der Waals surface area contributed by atoms with E-state index in [9.17, 15) is 4.79 Å². The number of ether oxygens (including phenoxy) is 1. The first kappa shape index (κ1) is 24.8. The highest BCUT2D eigenvalue weighted by Crippen LogP contribution is 2.29. The van der Waals surface area contributed by atoms with Gasteiger partial charge in [0.25, 0.3) is 0 Å². The largest absolute Gasteiger partial charge is 0.489 e. The average Bonchev–Trinajstić information content (AvgIpc) is 2.99. The van der Waals surface area contributed by atoms with Crippen LogP contribution in [0.15, 0.2) is 48.0 Å². The number of carboxylic acids is 1. The van der Waals surface area contributed by atoms with Crippen LogP contribution < -0.4 is 10.6 Å². The lowest BCUT2D eigenvalue weighted by atomic mass is 9.96. The number of benzene rings is 2.